The summed E-state index contributed by atoms with van der Waals surface area (Å²) in [7, 11) is 0. The minimum atomic E-state index is 0.305. The van der Waals surface area contributed by atoms with Crippen molar-refractivity contribution in [2.24, 2.45) is 5.73 Å². The monoisotopic (exact) mass is 220 g/mol. The van der Waals surface area contributed by atoms with E-state index in [0.29, 0.717) is 18.3 Å². The summed E-state index contributed by atoms with van der Waals surface area (Å²) < 4.78 is 0. The number of rotatable bonds is 3. The van der Waals surface area contributed by atoms with Crippen LogP contribution >= 0.6 is 0 Å². The lowest BCUT2D eigenvalue weighted by Gasteiger charge is -2.24. The molecule has 1 heterocycles. The third kappa shape index (κ3) is 2.20. The molecular weight excluding hydrogens is 200 g/mol. The molecule has 1 unspecified atom stereocenters. The van der Waals surface area contributed by atoms with E-state index in [1.807, 2.05) is 12.1 Å². The van der Waals surface area contributed by atoms with E-state index in [1.54, 1.807) is 6.07 Å². The molecule has 0 amide bonds. The van der Waals surface area contributed by atoms with Crippen molar-refractivity contribution in [3.05, 3.63) is 29.3 Å². The standard InChI is InChI=1S/C13H20N2O/c1-10(15-6-2-3-7-15)11-4-5-13(16)12(8-11)9-14/h4-5,8,10,16H,2-3,6-7,9,14H2,1H3. The molecule has 1 saturated heterocycles. The average Bonchev–Trinajstić information content (AvgIpc) is 2.82. The summed E-state index contributed by atoms with van der Waals surface area (Å²) in [6.07, 6.45) is 2.60. The van der Waals surface area contributed by atoms with Crippen LogP contribution in [0.4, 0.5) is 0 Å². The highest BCUT2D eigenvalue weighted by molar-refractivity contribution is 5.37. The number of benzene rings is 1. The molecule has 1 aliphatic heterocycles. The molecule has 3 N–H and O–H groups in total. The van der Waals surface area contributed by atoms with Gasteiger partial charge in [0.25, 0.3) is 0 Å². The van der Waals surface area contributed by atoms with Crippen LogP contribution in [0.1, 0.15) is 36.9 Å². The second-order valence-electron chi connectivity index (χ2n) is 4.51. The molecule has 1 fully saturated rings. The molecule has 3 heteroatoms. The minimum Gasteiger partial charge on any atom is -0.508 e. The van der Waals surface area contributed by atoms with Gasteiger partial charge < -0.3 is 10.8 Å². The van der Waals surface area contributed by atoms with Crippen molar-refractivity contribution in [2.75, 3.05) is 13.1 Å². The second kappa shape index (κ2) is 4.85. The topological polar surface area (TPSA) is 49.5 Å². The highest BCUT2D eigenvalue weighted by Gasteiger charge is 2.19. The molecule has 1 aromatic rings. The summed E-state index contributed by atoms with van der Waals surface area (Å²) in [5.74, 6) is 0.305. The van der Waals surface area contributed by atoms with Crippen molar-refractivity contribution in [1.82, 2.24) is 4.90 Å². The zero-order valence-electron chi connectivity index (χ0n) is 9.82. The zero-order valence-corrected chi connectivity index (χ0v) is 9.82. The fourth-order valence-electron chi connectivity index (χ4n) is 2.37. The molecule has 0 saturated carbocycles. The number of phenolic OH excluding ortho intramolecular Hbond substituents is 1. The first-order valence-corrected chi connectivity index (χ1v) is 5.98. The van der Waals surface area contributed by atoms with Crippen LogP contribution in [0.3, 0.4) is 0 Å². The van der Waals surface area contributed by atoms with Crippen molar-refractivity contribution < 1.29 is 5.11 Å². The Hall–Kier alpha value is -1.06. The summed E-state index contributed by atoms with van der Waals surface area (Å²) in [6, 6.07) is 6.20. The van der Waals surface area contributed by atoms with Gasteiger partial charge in [0.05, 0.1) is 0 Å². The van der Waals surface area contributed by atoms with E-state index in [9.17, 15) is 5.11 Å². The smallest absolute Gasteiger partial charge is 0.120 e. The largest absolute Gasteiger partial charge is 0.508 e. The summed E-state index contributed by atoms with van der Waals surface area (Å²) in [5.41, 5.74) is 7.69. The maximum Gasteiger partial charge on any atom is 0.120 e. The van der Waals surface area contributed by atoms with E-state index in [1.165, 1.54) is 31.5 Å². The lowest BCUT2D eigenvalue weighted by atomic mass is 10.0. The number of nitrogens with two attached hydrogens (primary N) is 1. The predicted molar refractivity (Wildman–Crippen MR) is 65.2 cm³/mol. The maximum atomic E-state index is 9.59. The lowest BCUT2D eigenvalue weighted by Crippen LogP contribution is -2.23. The SMILES string of the molecule is CC(c1ccc(O)c(CN)c1)N1CCCC1. The number of nitrogens with zero attached hydrogens (tertiary/aromatic N) is 1. The first-order valence-electron chi connectivity index (χ1n) is 5.98. The normalized spacial score (nSPS) is 18.9. The minimum absolute atomic E-state index is 0.305. The van der Waals surface area contributed by atoms with Crippen LogP contribution in [0.2, 0.25) is 0 Å². The highest BCUT2D eigenvalue weighted by atomic mass is 16.3. The lowest BCUT2D eigenvalue weighted by molar-refractivity contribution is 0.263. The Balaban J connectivity index is 2.19. The molecule has 0 aromatic heterocycles. The molecule has 0 aliphatic carbocycles. The Morgan fingerprint density at radius 2 is 2.06 bits per heavy atom. The van der Waals surface area contributed by atoms with Crippen LogP contribution < -0.4 is 5.73 Å². The van der Waals surface area contributed by atoms with Crippen LogP contribution in [-0.4, -0.2) is 23.1 Å². The van der Waals surface area contributed by atoms with E-state index in [-0.39, 0.29) is 0 Å². The average molecular weight is 220 g/mol. The van der Waals surface area contributed by atoms with E-state index in [4.69, 9.17) is 5.73 Å². The van der Waals surface area contributed by atoms with Gasteiger partial charge in [-0.3, -0.25) is 4.90 Å². The summed E-state index contributed by atoms with van der Waals surface area (Å²) in [5, 5.41) is 9.59. The molecule has 1 aliphatic rings. The van der Waals surface area contributed by atoms with Crippen molar-refractivity contribution in [3.8, 4) is 5.75 Å². The number of phenols is 1. The van der Waals surface area contributed by atoms with Gasteiger partial charge in [-0.05, 0) is 50.6 Å². The van der Waals surface area contributed by atoms with Crippen LogP contribution in [-0.2, 0) is 6.54 Å². The van der Waals surface area contributed by atoms with Gasteiger partial charge in [0.2, 0.25) is 0 Å². The quantitative estimate of drug-likeness (QED) is 0.819. The van der Waals surface area contributed by atoms with Crippen LogP contribution in [0.15, 0.2) is 18.2 Å². The van der Waals surface area contributed by atoms with Crippen LogP contribution in [0.5, 0.6) is 5.75 Å². The van der Waals surface area contributed by atoms with E-state index >= 15 is 0 Å². The van der Waals surface area contributed by atoms with E-state index < -0.39 is 0 Å². The third-order valence-corrected chi connectivity index (χ3v) is 3.49. The number of aromatic hydroxyl groups is 1. The Kier molecular flexibility index (Phi) is 3.46. The van der Waals surface area contributed by atoms with Gasteiger partial charge in [-0.15, -0.1) is 0 Å². The van der Waals surface area contributed by atoms with Gasteiger partial charge in [0.15, 0.2) is 0 Å². The molecule has 2 rings (SSSR count). The molecule has 0 radical (unpaired) electrons. The van der Waals surface area contributed by atoms with E-state index in [2.05, 4.69) is 11.8 Å². The summed E-state index contributed by atoms with van der Waals surface area (Å²) >= 11 is 0. The predicted octanol–water partition coefficient (Wildman–Crippen LogP) is 2.01. The van der Waals surface area contributed by atoms with Crippen LogP contribution in [0, 0.1) is 0 Å². The number of hydrogen-bond acceptors (Lipinski definition) is 3. The molecule has 1 atom stereocenters. The summed E-state index contributed by atoms with van der Waals surface area (Å²) in [4.78, 5) is 2.48. The van der Waals surface area contributed by atoms with Gasteiger partial charge in [0.1, 0.15) is 5.75 Å². The van der Waals surface area contributed by atoms with Gasteiger partial charge in [-0.2, -0.15) is 0 Å². The molecule has 3 nitrogen and oxygen atoms in total. The Labute approximate surface area is 96.9 Å². The Bertz CT molecular complexity index is 359. The molecule has 88 valence electrons. The van der Waals surface area contributed by atoms with Crippen LogP contribution in [0.25, 0.3) is 0 Å². The first kappa shape index (κ1) is 11.4. The molecule has 0 spiro atoms. The Morgan fingerprint density at radius 3 is 2.69 bits per heavy atom. The number of hydrogen-bond donors (Lipinski definition) is 2. The number of likely N-dealkylation sites (tertiary alicyclic amines) is 1. The first-order chi connectivity index (χ1) is 7.72. The van der Waals surface area contributed by atoms with Gasteiger partial charge >= 0.3 is 0 Å². The molecule has 16 heavy (non-hydrogen) atoms. The Morgan fingerprint density at radius 1 is 1.38 bits per heavy atom. The maximum absolute atomic E-state index is 9.59. The zero-order chi connectivity index (χ0) is 11.5. The molecule has 1 aromatic carbocycles. The molecular formula is C13H20N2O. The fraction of sp³-hybridized carbons (Fsp3) is 0.538. The molecule has 0 bridgehead atoms. The van der Waals surface area contributed by atoms with Gasteiger partial charge in [-0.25, -0.2) is 0 Å². The van der Waals surface area contributed by atoms with Crippen molar-refractivity contribution in [2.45, 2.75) is 32.4 Å². The second-order valence-corrected chi connectivity index (χ2v) is 4.51. The fourth-order valence-corrected chi connectivity index (χ4v) is 2.37. The van der Waals surface area contributed by atoms with E-state index in [0.717, 1.165) is 5.56 Å². The van der Waals surface area contributed by atoms with Crippen molar-refractivity contribution in [3.63, 3.8) is 0 Å². The summed E-state index contributed by atoms with van der Waals surface area (Å²) in [6.45, 7) is 4.98. The van der Waals surface area contributed by atoms with Gasteiger partial charge in [0, 0.05) is 18.2 Å². The van der Waals surface area contributed by atoms with Crippen molar-refractivity contribution in [1.29, 1.82) is 0 Å². The highest BCUT2D eigenvalue weighted by Crippen LogP contribution is 2.27. The van der Waals surface area contributed by atoms with Crippen molar-refractivity contribution >= 4 is 0 Å². The van der Waals surface area contributed by atoms with Gasteiger partial charge in [-0.1, -0.05) is 6.07 Å². The third-order valence-electron chi connectivity index (χ3n) is 3.49.